The summed E-state index contributed by atoms with van der Waals surface area (Å²) in [5.41, 5.74) is 6.47. The summed E-state index contributed by atoms with van der Waals surface area (Å²) in [6, 6.07) is 1.88. The molecule has 0 aliphatic rings. The van der Waals surface area contributed by atoms with E-state index in [9.17, 15) is 4.79 Å². The third kappa shape index (κ3) is 3.61. The molecule has 0 saturated carbocycles. The molecule has 0 spiro atoms. The van der Waals surface area contributed by atoms with E-state index in [1.165, 1.54) is 13.3 Å². The number of nitrogens with two attached hydrogens (primary N) is 1. The van der Waals surface area contributed by atoms with Crippen molar-refractivity contribution in [1.82, 2.24) is 4.98 Å². The van der Waals surface area contributed by atoms with E-state index in [4.69, 9.17) is 10.5 Å². The fraction of sp³-hybridized carbons (Fsp3) is 0.538. The summed E-state index contributed by atoms with van der Waals surface area (Å²) in [6.45, 7) is 4.23. The van der Waals surface area contributed by atoms with E-state index in [0.717, 1.165) is 19.3 Å². The Morgan fingerprint density at radius 2 is 2.28 bits per heavy atom. The van der Waals surface area contributed by atoms with Crippen LogP contribution in [0.3, 0.4) is 0 Å². The summed E-state index contributed by atoms with van der Waals surface area (Å²) in [6.07, 6.45) is 4.62. The summed E-state index contributed by atoms with van der Waals surface area (Å²) in [4.78, 5) is 15.8. The number of methoxy groups -OCH3 is 1. The van der Waals surface area contributed by atoms with Crippen molar-refractivity contribution < 1.29 is 9.53 Å². The predicted octanol–water partition coefficient (Wildman–Crippen LogP) is 2.44. The van der Waals surface area contributed by atoms with Gasteiger partial charge in [0.05, 0.1) is 19.0 Å². The van der Waals surface area contributed by atoms with Crippen molar-refractivity contribution in [2.75, 3.05) is 18.2 Å². The molecule has 1 rings (SSSR count). The van der Waals surface area contributed by atoms with Crippen molar-refractivity contribution in [3.63, 3.8) is 0 Å². The number of anilines is 2. The van der Waals surface area contributed by atoms with Crippen LogP contribution >= 0.6 is 0 Å². The van der Waals surface area contributed by atoms with Crippen molar-refractivity contribution in [3.8, 4) is 0 Å². The van der Waals surface area contributed by atoms with E-state index in [2.05, 4.69) is 24.1 Å². The minimum absolute atomic E-state index is 0.300. The van der Waals surface area contributed by atoms with Gasteiger partial charge in [0.1, 0.15) is 11.4 Å². The van der Waals surface area contributed by atoms with Crippen LogP contribution < -0.4 is 11.1 Å². The van der Waals surface area contributed by atoms with E-state index in [0.29, 0.717) is 23.1 Å². The Hall–Kier alpha value is -1.78. The van der Waals surface area contributed by atoms with Gasteiger partial charge >= 0.3 is 5.97 Å². The highest BCUT2D eigenvalue weighted by atomic mass is 16.5. The molecule has 0 fully saturated rings. The molecular weight excluding hydrogens is 230 g/mol. The van der Waals surface area contributed by atoms with E-state index in [1.807, 2.05) is 0 Å². The van der Waals surface area contributed by atoms with E-state index < -0.39 is 5.97 Å². The molecule has 1 heterocycles. The average molecular weight is 251 g/mol. The number of hydrogen-bond acceptors (Lipinski definition) is 5. The second kappa shape index (κ2) is 6.83. The molecule has 1 atom stereocenters. The van der Waals surface area contributed by atoms with Gasteiger partial charge in [0.15, 0.2) is 0 Å². The fourth-order valence-electron chi connectivity index (χ4n) is 1.78. The van der Waals surface area contributed by atoms with E-state index in [-0.39, 0.29) is 0 Å². The van der Waals surface area contributed by atoms with Gasteiger partial charge in [-0.2, -0.15) is 0 Å². The largest absolute Gasteiger partial charge is 0.465 e. The van der Waals surface area contributed by atoms with Gasteiger partial charge in [0, 0.05) is 6.04 Å². The Balaban J connectivity index is 2.96. The molecule has 0 amide bonds. The number of rotatable bonds is 6. The Morgan fingerprint density at radius 3 is 2.83 bits per heavy atom. The summed E-state index contributed by atoms with van der Waals surface area (Å²) >= 11 is 0. The lowest BCUT2D eigenvalue weighted by Crippen LogP contribution is -2.21. The van der Waals surface area contributed by atoms with Gasteiger partial charge in [-0.05, 0) is 18.9 Å². The standard InChI is InChI=1S/C13H21N3O2/c1-4-6-10(5-2)16-12-11(13(17)18-3)7-9(14)8-15-12/h7-8,10H,4-6,14H2,1-3H3,(H,15,16). The normalized spacial score (nSPS) is 11.9. The number of nitrogen functional groups attached to an aromatic ring is 1. The number of nitrogens with one attached hydrogen (secondary N) is 1. The topological polar surface area (TPSA) is 77.2 Å². The van der Waals surface area contributed by atoms with E-state index in [1.54, 1.807) is 6.07 Å². The number of carbonyl (C=O) groups is 1. The molecule has 0 bridgehead atoms. The fourth-order valence-corrected chi connectivity index (χ4v) is 1.78. The zero-order chi connectivity index (χ0) is 13.5. The van der Waals surface area contributed by atoms with Crippen LogP contribution in [0.5, 0.6) is 0 Å². The van der Waals surface area contributed by atoms with Crippen LogP contribution in [0.4, 0.5) is 11.5 Å². The van der Waals surface area contributed by atoms with Crippen molar-refractivity contribution >= 4 is 17.5 Å². The van der Waals surface area contributed by atoms with Gasteiger partial charge in [-0.1, -0.05) is 20.3 Å². The lowest BCUT2D eigenvalue weighted by molar-refractivity contribution is 0.0601. The van der Waals surface area contributed by atoms with Crippen molar-refractivity contribution in [3.05, 3.63) is 17.8 Å². The maximum Gasteiger partial charge on any atom is 0.341 e. The molecule has 5 nitrogen and oxygen atoms in total. The van der Waals surface area contributed by atoms with Gasteiger partial charge < -0.3 is 15.8 Å². The molecule has 0 aliphatic carbocycles. The molecule has 100 valence electrons. The Labute approximate surface area is 108 Å². The number of nitrogens with zero attached hydrogens (tertiary/aromatic N) is 1. The number of ether oxygens (including phenoxy) is 1. The summed E-state index contributed by atoms with van der Waals surface area (Å²) in [7, 11) is 1.35. The Morgan fingerprint density at radius 1 is 1.56 bits per heavy atom. The molecule has 1 aromatic rings. The zero-order valence-corrected chi connectivity index (χ0v) is 11.2. The molecular formula is C13H21N3O2. The van der Waals surface area contributed by atoms with Crippen molar-refractivity contribution in [2.24, 2.45) is 0 Å². The van der Waals surface area contributed by atoms with Crippen LogP contribution in [0.2, 0.25) is 0 Å². The van der Waals surface area contributed by atoms with Crippen LogP contribution in [0, 0.1) is 0 Å². The lowest BCUT2D eigenvalue weighted by atomic mass is 10.1. The molecule has 1 unspecified atom stereocenters. The minimum atomic E-state index is -0.427. The van der Waals surface area contributed by atoms with Gasteiger partial charge in [-0.15, -0.1) is 0 Å². The second-order valence-electron chi connectivity index (χ2n) is 4.19. The molecule has 18 heavy (non-hydrogen) atoms. The smallest absolute Gasteiger partial charge is 0.341 e. The number of aromatic nitrogens is 1. The quantitative estimate of drug-likeness (QED) is 0.759. The minimum Gasteiger partial charge on any atom is -0.465 e. The first-order valence-electron chi connectivity index (χ1n) is 6.22. The molecule has 0 radical (unpaired) electrons. The van der Waals surface area contributed by atoms with Crippen molar-refractivity contribution in [1.29, 1.82) is 0 Å². The first-order chi connectivity index (χ1) is 8.62. The Bertz CT molecular complexity index is 407. The average Bonchev–Trinajstić information content (AvgIpc) is 2.39. The van der Waals surface area contributed by atoms with Gasteiger partial charge in [0.25, 0.3) is 0 Å². The van der Waals surface area contributed by atoms with Gasteiger partial charge in [-0.25, -0.2) is 9.78 Å². The number of esters is 1. The maximum atomic E-state index is 11.7. The highest BCUT2D eigenvalue weighted by molar-refractivity contribution is 5.95. The first kappa shape index (κ1) is 14.3. The van der Waals surface area contributed by atoms with Gasteiger partial charge in [-0.3, -0.25) is 0 Å². The second-order valence-corrected chi connectivity index (χ2v) is 4.19. The number of carbonyl (C=O) groups excluding carboxylic acids is 1. The number of pyridine rings is 1. The molecule has 0 aromatic carbocycles. The molecule has 5 heteroatoms. The molecule has 0 aliphatic heterocycles. The third-order valence-corrected chi connectivity index (χ3v) is 2.78. The molecule has 1 aromatic heterocycles. The zero-order valence-electron chi connectivity index (χ0n) is 11.2. The summed E-state index contributed by atoms with van der Waals surface area (Å²) in [5.74, 6) is 0.111. The predicted molar refractivity (Wildman–Crippen MR) is 72.6 cm³/mol. The van der Waals surface area contributed by atoms with E-state index >= 15 is 0 Å². The van der Waals surface area contributed by atoms with Crippen LogP contribution in [0.1, 0.15) is 43.5 Å². The highest BCUT2D eigenvalue weighted by Gasteiger charge is 2.16. The monoisotopic (exact) mass is 251 g/mol. The van der Waals surface area contributed by atoms with Crippen LogP contribution in [0.25, 0.3) is 0 Å². The van der Waals surface area contributed by atoms with Crippen molar-refractivity contribution in [2.45, 2.75) is 39.2 Å². The molecule has 0 saturated heterocycles. The third-order valence-electron chi connectivity index (χ3n) is 2.78. The van der Waals surface area contributed by atoms with Crippen LogP contribution in [0.15, 0.2) is 12.3 Å². The maximum absolute atomic E-state index is 11.7. The summed E-state index contributed by atoms with van der Waals surface area (Å²) in [5, 5.41) is 3.27. The first-order valence-corrected chi connectivity index (χ1v) is 6.22. The van der Waals surface area contributed by atoms with Crippen LogP contribution in [-0.4, -0.2) is 24.1 Å². The van der Waals surface area contributed by atoms with Gasteiger partial charge in [0.2, 0.25) is 0 Å². The summed E-state index contributed by atoms with van der Waals surface area (Å²) < 4.78 is 4.73. The number of hydrogen-bond donors (Lipinski definition) is 2. The highest BCUT2D eigenvalue weighted by Crippen LogP contribution is 2.19. The van der Waals surface area contributed by atoms with Crippen LogP contribution in [-0.2, 0) is 4.74 Å². The Kier molecular flexibility index (Phi) is 5.42. The molecule has 3 N–H and O–H groups in total. The SMILES string of the molecule is CCCC(CC)Nc1ncc(N)cc1C(=O)OC. The lowest BCUT2D eigenvalue weighted by Gasteiger charge is -2.18.